The van der Waals surface area contributed by atoms with E-state index in [9.17, 15) is 18.0 Å². The van der Waals surface area contributed by atoms with Crippen LogP contribution in [0.15, 0.2) is 42.5 Å². The summed E-state index contributed by atoms with van der Waals surface area (Å²) in [5.74, 6) is -2.47. The van der Waals surface area contributed by atoms with E-state index in [4.69, 9.17) is 0 Å². The van der Waals surface area contributed by atoms with E-state index in [1.165, 1.54) is 30.3 Å². The van der Waals surface area contributed by atoms with Crippen molar-refractivity contribution in [2.75, 3.05) is 0 Å². The first kappa shape index (κ1) is 17.5. The maximum atomic E-state index is 13.5. The van der Waals surface area contributed by atoms with E-state index in [1.807, 2.05) is 0 Å². The van der Waals surface area contributed by atoms with E-state index in [2.05, 4.69) is 10.6 Å². The molecule has 0 radical (unpaired) electrons. The second-order valence-corrected chi connectivity index (χ2v) is 6.33. The fraction of sp³-hybridized carbons (Fsp3) is 0.316. The lowest BCUT2D eigenvalue weighted by molar-refractivity contribution is -0.123. The lowest BCUT2D eigenvalue weighted by Gasteiger charge is -2.23. The van der Waals surface area contributed by atoms with Crippen molar-refractivity contribution in [2.24, 2.45) is 0 Å². The van der Waals surface area contributed by atoms with Crippen molar-refractivity contribution in [1.29, 1.82) is 0 Å². The molecule has 1 amide bonds. The summed E-state index contributed by atoms with van der Waals surface area (Å²) in [6.07, 6.45) is 1.89. The number of hydrogen-bond donors (Lipinski definition) is 2. The smallest absolute Gasteiger partial charge is 0.241 e. The number of benzene rings is 2. The van der Waals surface area contributed by atoms with Gasteiger partial charge < -0.3 is 5.32 Å². The van der Waals surface area contributed by atoms with Gasteiger partial charge in [-0.2, -0.15) is 0 Å². The van der Waals surface area contributed by atoms with E-state index in [1.54, 1.807) is 6.92 Å². The SMILES string of the molecule is C[C@H](N[C@H](C(=O)NC1CC1)c1ccc(F)cc1)c1ccc(F)c(F)c1. The van der Waals surface area contributed by atoms with Gasteiger partial charge in [-0.3, -0.25) is 10.1 Å². The summed E-state index contributed by atoms with van der Waals surface area (Å²) in [6.45, 7) is 1.76. The van der Waals surface area contributed by atoms with E-state index in [-0.39, 0.29) is 11.9 Å². The van der Waals surface area contributed by atoms with Gasteiger partial charge >= 0.3 is 0 Å². The van der Waals surface area contributed by atoms with Gasteiger partial charge in [0.05, 0.1) is 0 Å². The number of carbonyl (C=O) groups is 1. The molecule has 1 saturated carbocycles. The third kappa shape index (κ3) is 4.39. The van der Waals surface area contributed by atoms with Crippen LogP contribution in [0.25, 0.3) is 0 Å². The molecule has 1 aliphatic carbocycles. The second-order valence-electron chi connectivity index (χ2n) is 6.33. The first-order chi connectivity index (χ1) is 11.9. The fourth-order valence-corrected chi connectivity index (χ4v) is 2.62. The molecule has 1 aliphatic rings. The molecular formula is C19H19F3N2O. The molecule has 0 spiro atoms. The van der Waals surface area contributed by atoms with Crippen LogP contribution >= 0.6 is 0 Å². The fourth-order valence-electron chi connectivity index (χ4n) is 2.62. The number of amides is 1. The predicted octanol–water partition coefficient (Wildman–Crippen LogP) is 3.77. The normalized spacial score (nSPS) is 16.3. The van der Waals surface area contributed by atoms with Gasteiger partial charge in [-0.1, -0.05) is 18.2 Å². The van der Waals surface area contributed by atoms with Gasteiger partial charge in [-0.05, 0) is 55.2 Å². The molecule has 132 valence electrons. The first-order valence-corrected chi connectivity index (χ1v) is 8.21. The lowest BCUT2D eigenvalue weighted by atomic mass is 10.0. The molecule has 2 aromatic carbocycles. The average Bonchev–Trinajstić information content (AvgIpc) is 3.39. The van der Waals surface area contributed by atoms with Gasteiger partial charge in [0.25, 0.3) is 0 Å². The molecule has 25 heavy (non-hydrogen) atoms. The van der Waals surface area contributed by atoms with Crippen LogP contribution in [0.1, 0.15) is 43.0 Å². The zero-order valence-corrected chi connectivity index (χ0v) is 13.7. The monoisotopic (exact) mass is 348 g/mol. The van der Waals surface area contributed by atoms with E-state index >= 15 is 0 Å². The van der Waals surface area contributed by atoms with Crippen LogP contribution in [0, 0.1) is 17.5 Å². The summed E-state index contributed by atoms with van der Waals surface area (Å²) in [7, 11) is 0. The predicted molar refractivity (Wildman–Crippen MR) is 88.2 cm³/mol. The Balaban J connectivity index is 1.81. The Bertz CT molecular complexity index is 760. The molecule has 0 unspecified atom stereocenters. The van der Waals surface area contributed by atoms with Gasteiger partial charge in [-0.15, -0.1) is 0 Å². The zero-order chi connectivity index (χ0) is 18.0. The Labute approximate surface area is 144 Å². The highest BCUT2D eigenvalue weighted by molar-refractivity contribution is 5.83. The molecule has 0 aromatic heterocycles. The van der Waals surface area contributed by atoms with E-state index in [0.717, 1.165) is 25.0 Å². The Morgan fingerprint density at radius 1 is 1.00 bits per heavy atom. The third-order valence-corrected chi connectivity index (χ3v) is 4.25. The third-order valence-electron chi connectivity index (χ3n) is 4.25. The summed E-state index contributed by atoms with van der Waals surface area (Å²) in [5.41, 5.74) is 1.12. The van der Waals surface area contributed by atoms with Crippen LogP contribution in [0.2, 0.25) is 0 Å². The standard InChI is InChI=1S/C19H19F3N2O/c1-11(13-4-9-16(21)17(22)10-13)23-18(19(25)24-15-7-8-15)12-2-5-14(20)6-3-12/h2-6,9-11,15,18,23H,7-8H2,1H3,(H,24,25)/t11-,18-/m0/s1. The van der Waals surface area contributed by atoms with Gasteiger partial charge in [-0.25, -0.2) is 13.2 Å². The molecule has 0 bridgehead atoms. The number of halogens is 3. The molecule has 2 atom stereocenters. The van der Waals surface area contributed by atoms with Crippen LogP contribution in [-0.4, -0.2) is 11.9 Å². The number of carbonyl (C=O) groups excluding carboxylic acids is 1. The van der Waals surface area contributed by atoms with Crippen molar-refractivity contribution < 1.29 is 18.0 Å². The minimum Gasteiger partial charge on any atom is -0.352 e. The summed E-state index contributed by atoms with van der Waals surface area (Å²) in [6, 6.07) is 8.34. The summed E-state index contributed by atoms with van der Waals surface area (Å²) >= 11 is 0. The van der Waals surface area contributed by atoms with Crippen LogP contribution in [0.4, 0.5) is 13.2 Å². The molecular weight excluding hydrogens is 329 g/mol. The highest BCUT2D eigenvalue weighted by Crippen LogP contribution is 2.24. The maximum Gasteiger partial charge on any atom is 0.241 e. The quantitative estimate of drug-likeness (QED) is 0.834. The molecule has 1 fully saturated rings. The second kappa shape index (κ2) is 7.27. The minimum absolute atomic E-state index is 0.177. The van der Waals surface area contributed by atoms with Crippen LogP contribution < -0.4 is 10.6 Å². The highest BCUT2D eigenvalue weighted by Gasteiger charge is 2.29. The van der Waals surface area contributed by atoms with E-state index in [0.29, 0.717) is 11.1 Å². The molecule has 0 heterocycles. The zero-order valence-electron chi connectivity index (χ0n) is 13.7. The number of nitrogens with one attached hydrogen (secondary N) is 2. The summed E-state index contributed by atoms with van der Waals surface area (Å²) in [5, 5.41) is 6.04. The van der Waals surface area contributed by atoms with Gasteiger partial charge in [0.2, 0.25) is 5.91 Å². The van der Waals surface area contributed by atoms with Crippen molar-refractivity contribution in [3.05, 3.63) is 71.0 Å². The largest absolute Gasteiger partial charge is 0.352 e. The van der Waals surface area contributed by atoms with Crippen LogP contribution in [0.5, 0.6) is 0 Å². The Morgan fingerprint density at radius 2 is 1.64 bits per heavy atom. The number of rotatable bonds is 6. The van der Waals surface area contributed by atoms with Crippen molar-refractivity contribution in [3.8, 4) is 0 Å². The minimum atomic E-state index is -0.938. The van der Waals surface area contributed by atoms with E-state index < -0.39 is 29.5 Å². The molecule has 6 heteroatoms. The Hall–Kier alpha value is -2.34. The Kier molecular flexibility index (Phi) is 5.08. The van der Waals surface area contributed by atoms with Crippen molar-refractivity contribution in [3.63, 3.8) is 0 Å². The molecule has 2 N–H and O–H groups in total. The Morgan fingerprint density at radius 3 is 2.24 bits per heavy atom. The maximum absolute atomic E-state index is 13.5. The molecule has 3 nitrogen and oxygen atoms in total. The van der Waals surface area contributed by atoms with Gasteiger partial charge in [0, 0.05) is 12.1 Å². The lowest BCUT2D eigenvalue weighted by Crippen LogP contribution is -2.39. The molecule has 0 aliphatic heterocycles. The topological polar surface area (TPSA) is 41.1 Å². The first-order valence-electron chi connectivity index (χ1n) is 8.21. The van der Waals surface area contributed by atoms with Crippen molar-refractivity contribution >= 4 is 5.91 Å². The van der Waals surface area contributed by atoms with Crippen molar-refractivity contribution in [1.82, 2.24) is 10.6 Å². The van der Waals surface area contributed by atoms with Gasteiger partial charge in [0.15, 0.2) is 11.6 Å². The molecule has 3 rings (SSSR count). The van der Waals surface area contributed by atoms with Gasteiger partial charge in [0.1, 0.15) is 11.9 Å². The molecule has 0 saturated heterocycles. The van der Waals surface area contributed by atoms with Crippen molar-refractivity contribution in [2.45, 2.75) is 37.9 Å². The summed E-state index contributed by atoms with van der Waals surface area (Å²) < 4.78 is 39.8. The summed E-state index contributed by atoms with van der Waals surface area (Å²) in [4.78, 5) is 12.6. The highest BCUT2D eigenvalue weighted by atomic mass is 19.2. The van der Waals surface area contributed by atoms with Crippen LogP contribution in [-0.2, 0) is 4.79 Å². The molecule has 2 aromatic rings. The average molecular weight is 348 g/mol. The number of hydrogen-bond acceptors (Lipinski definition) is 2. The van der Waals surface area contributed by atoms with Crippen LogP contribution in [0.3, 0.4) is 0 Å².